The Morgan fingerprint density at radius 2 is 1.89 bits per heavy atom. The van der Waals surface area contributed by atoms with Crippen LogP contribution in [0.1, 0.15) is 17.3 Å². The molecule has 105 valence electrons. The van der Waals surface area contributed by atoms with Crippen LogP contribution in [0.4, 0.5) is 0 Å². The molecule has 0 amide bonds. The first-order chi connectivity index (χ1) is 8.77. The first kappa shape index (κ1) is 17.6. The molecule has 0 aliphatic rings. The van der Waals surface area contributed by atoms with Crippen molar-refractivity contribution in [3.05, 3.63) is 29.8 Å². The molecule has 0 bridgehead atoms. The van der Waals surface area contributed by atoms with Gasteiger partial charge in [0.2, 0.25) is 0 Å². The van der Waals surface area contributed by atoms with Gasteiger partial charge in [-0.1, -0.05) is 6.47 Å². The van der Waals surface area contributed by atoms with Crippen LogP contribution in [0.5, 0.6) is 5.75 Å². The number of hydrogen-bond acceptors (Lipinski definition) is 6. The minimum Gasteiger partial charge on any atom is -0.626 e. The van der Waals surface area contributed by atoms with Crippen LogP contribution < -0.4 is 4.74 Å². The number of benzene rings is 1. The predicted octanol–water partition coefficient (Wildman–Crippen LogP) is 1.26. The van der Waals surface area contributed by atoms with Crippen LogP contribution in [0.15, 0.2) is 24.3 Å². The van der Waals surface area contributed by atoms with Crippen molar-refractivity contribution in [3.63, 3.8) is 0 Å². The molecule has 0 N–H and O–H groups in total. The van der Waals surface area contributed by atoms with Crippen LogP contribution >= 0.6 is 0 Å². The molecule has 1 aromatic rings. The number of carbonyl (C=O) groups is 1. The standard InChI is InChI=1S/C12H13O6.Re/c1-2-15-8-18-12(14)10-3-5-11(6-4-10)17-9-16-7-13;/h3-6H,2,8-9H2,1H3;/q-1;. The number of rotatable bonds is 8. The van der Waals surface area contributed by atoms with Crippen LogP contribution in [0.2, 0.25) is 0 Å². The fourth-order valence-electron chi connectivity index (χ4n) is 1.07. The van der Waals surface area contributed by atoms with Crippen molar-refractivity contribution in [3.8, 4) is 5.75 Å². The number of carbonyl (C=O) groups excluding carboxylic acids is 2. The molecule has 19 heavy (non-hydrogen) atoms. The molecule has 0 aliphatic heterocycles. The maximum atomic E-state index is 11.5. The van der Waals surface area contributed by atoms with Gasteiger partial charge in [0.05, 0.1) is 5.56 Å². The second kappa shape index (κ2) is 10.5. The van der Waals surface area contributed by atoms with E-state index in [1.165, 1.54) is 18.6 Å². The van der Waals surface area contributed by atoms with E-state index in [1.54, 1.807) is 19.1 Å². The fourth-order valence-corrected chi connectivity index (χ4v) is 1.07. The topological polar surface area (TPSA) is 71.1 Å². The van der Waals surface area contributed by atoms with Crippen molar-refractivity contribution in [2.45, 2.75) is 6.92 Å². The zero-order valence-corrected chi connectivity index (χ0v) is 13.0. The second-order valence-corrected chi connectivity index (χ2v) is 3.06. The molecular formula is C12H13O6Re-. The molecule has 7 heteroatoms. The SMILES string of the molecule is CCOCOC(=O)c1ccc(OCO[C-]=O)cc1.[Re]. The summed E-state index contributed by atoms with van der Waals surface area (Å²) in [5.74, 6) is -0.0147. The van der Waals surface area contributed by atoms with Gasteiger partial charge in [0.1, 0.15) is 5.75 Å². The molecule has 0 heterocycles. The van der Waals surface area contributed by atoms with Gasteiger partial charge in [-0.25, -0.2) is 4.79 Å². The van der Waals surface area contributed by atoms with Crippen LogP contribution in [-0.2, 0) is 39.4 Å². The Morgan fingerprint density at radius 1 is 1.21 bits per heavy atom. The van der Waals surface area contributed by atoms with Gasteiger partial charge in [-0.2, -0.15) is 0 Å². The molecular weight excluding hydrogens is 426 g/mol. The molecule has 0 saturated heterocycles. The summed E-state index contributed by atoms with van der Waals surface area (Å²) in [7, 11) is 0. The van der Waals surface area contributed by atoms with E-state index in [4.69, 9.17) is 14.2 Å². The maximum absolute atomic E-state index is 11.5. The molecule has 0 fully saturated rings. The Balaban J connectivity index is 0.00000324. The molecule has 0 aliphatic carbocycles. The van der Waals surface area contributed by atoms with Crippen LogP contribution in [0, 0.1) is 0 Å². The van der Waals surface area contributed by atoms with Crippen LogP contribution in [0.3, 0.4) is 0 Å². The predicted molar refractivity (Wildman–Crippen MR) is 60.6 cm³/mol. The van der Waals surface area contributed by atoms with E-state index in [-0.39, 0.29) is 34.0 Å². The molecule has 0 unspecified atom stereocenters. The quantitative estimate of drug-likeness (QED) is 0.263. The summed E-state index contributed by atoms with van der Waals surface area (Å²) in [6, 6.07) is 6.19. The fraction of sp³-hybridized carbons (Fsp3) is 0.333. The Hall–Kier alpha value is -1.42. The van der Waals surface area contributed by atoms with E-state index in [0.29, 0.717) is 17.9 Å². The Kier molecular flexibility index (Phi) is 9.72. The summed E-state index contributed by atoms with van der Waals surface area (Å²) >= 11 is 0. The minimum atomic E-state index is -0.479. The molecule has 0 spiro atoms. The summed E-state index contributed by atoms with van der Waals surface area (Å²) < 4.78 is 19.0. The van der Waals surface area contributed by atoms with Crippen LogP contribution in [0.25, 0.3) is 0 Å². The number of esters is 1. The van der Waals surface area contributed by atoms with Gasteiger partial charge in [0.15, 0.2) is 13.6 Å². The molecule has 1 rings (SSSR count). The third kappa shape index (κ3) is 6.91. The molecule has 0 saturated carbocycles. The molecule has 0 atom stereocenters. The average molecular weight is 439 g/mol. The van der Waals surface area contributed by atoms with E-state index in [0.717, 1.165) is 0 Å². The zero-order chi connectivity index (χ0) is 13.2. The van der Waals surface area contributed by atoms with Gasteiger partial charge in [0, 0.05) is 27.0 Å². The molecule has 1 radical (unpaired) electrons. The van der Waals surface area contributed by atoms with E-state index in [9.17, 15) is 9.59 Å². The number of ether oxygens (including phenoxy) is 4. The van der Waals surface area contributed by atoms with Gasteiger partial charge in [-0.15, -0.1) is 0 Å². The normalized spacial score (nSPS) is 9.11. The van der Waals surface area contributed by atoms with Crippen molar-refractivity contribution in [2.24, 2.45) is 0 Å². The zero-order valence-electron chi connectivity index (χ0n) is 10.3. The smallest absolute Gasteiger partial charge is 0.340 e. The third-order valence-corrected chi connectivity index (χ3v) is 1.91. The third-order valence-electron chi connectivity index (χ3n) is 1.91. The Labute approximate surface area is 124 Å². The minimum absolute atomic E-state index is 0. The first-order valence-corrected chi connectivity index (χ1v) is 5.24. The summed E-state index contributed by atoms with van der Waals surface area (Å²) in [6.45, 7) is 3.22. The summed E-state index contributed by atoms with van der Waals surface area (Å²) in [6.07, 6.45) is 0. The van der Waals surface area contributed by atoms with Crippen LogP contribution in [-0.4, -0.2) is 32.6 Å². The summed E-state index contributed by atoms with van der Waals surface area (Å²) in [4.78, 5) is 21.2. The largest absolute Gasteiger partial charge is 0.626 e. The van der Waals surface area contributed by atoms with Gasteiger partial charge in [-0.05, 0) is 31.2 Å². The van der Waals surface area contributed by atoms with Gasteiger partial charge in [-0.3, -0.25) is 0 Å². The number of hydrogen-bond donors (Lipinski definition) is 0. The van der Waals surface area contributed by atoms with E-state index in [2.05, 4.69) is 4.74 Å². The van der Waals surface area contributed by atoms with Gasteiger partial charge < -0.3 is 23.7 Å². The first-order valence-electron chi connectivity index (χ1n) is 5.24. The molecule has 0 aromatic heterocycles. The van der Waals surface area contributed by atoms with Crippen molar-refractivity contribution in [1.82, 2.24) is 0 Å². The van der Waals surface area contributed by atoms with Gasteiger partial charge in [0.25, 0.3) is 0 Å². The van der Waals surface area contributed by atoms with Crippen molar-refractivity contribution in [1.29, 1.82) is 0 Å². The maximum Gasteiger partial charge on any atom is 0.340 e. The second-order valence-electron chi connectivity index (χ2n) is 3.06. The van der Waals surface area contributed by atoms with E-state index >= 15 is 0 Å². The average Bonchev–Trinajstić information content (AvgIpc) is 2.40. The summed E-state index contributed by atoms with van der Waals surface area (Å²) in [5.41, 5.74) is 0.380. The molecule has 1 aromatic carbocycles. The monoisotopic (exact) mass is 440 g/mol. The van der Waals surface area contributed by atoms with Crippen molar-refractivity contribution >= 4 is 12.4 Å². The van der Waals surface area contributed by atoms with Crippen molar-refractivity contribution in [2.75, 3.05) is 20.2 Å². The van der Waals surface area contributed by atoms with E-state index < -0.39 is 5.97 Å². The van der Waals surface area contributed by atoms with Crippen molar-refractivity contribution < 1.29 is 49.0 Å². The van der Waals surface area contributed by atoms with Gasteiger partial charge >= 0.3 is 5.97 Å². The Bertz CT molecular complexity index is 378. The Morgan fingerprint density at radius 3 is 2.47 bits per heavy atom. The van der Waals surface area contributed by atoms with E-state index in [1.807, 2.05) is 0 Å². The summed E-state index contributed by atoms with van der Waals surface area (Å²) in [5, 5.41) is 0. The molecule has 6 nitrogen and oxygen atoms in total.